The summed E-state index contributed by atoms with van der Waals surface area (Å²) < 4.78 is 20.9. The number of ether oxygens (including phenoxy) is 1. The maximum Gasteiger partial charge on any atom is 0.420 e. The van der Waals surface area contributed by atoms with Crippen molar-refractivity contribution in [2.24, 2.45) is 5.92 Å². The Bertz CT molecular complexity index is 905. The second-order valence-electron chi connectivity index (χ2n) is 6.54. The van der Waals surface area contributed by atoms with Crippen molar-refractivity contribution in [1.82, 2.24) is 9.55 Å². The Morgan fingerprint density at radius 3 is 2.81 bits per heavy atom. The third-order valence-electron chi connectivity index (χ3n) is 3.67. The topological polar surface area (TPSA) is 56.1 Å². The summed E-state index contributed by atoms with van der Waals surface area (Å²) in [5, 5.41) is 5.12. The van der Waals surface area contributed by atoms with Crippen LogP contribution in [0.4, 0.5) is 14.3 Å². The Balaban J connectivity index is 1.82. The van der Waals surface area contributed by atoms with Crippen LogP contribution in [0.15, 0.2) is 42.0 Å². The fourth-order valence-electron chi connectivity index (χ4n) is 2.73. The molecule has 3 aromatic rings. The lowest BCUT2D eigenvalue weighted by atomic mass is 10.1. The molecular formula is C19H19ClFN3O2S. The summed E-state index contributed by atoms with van der Waals surface area (Å²) >= 11 is 7.24. The summed E-state index contributed by atoms with van der Waals surface area (Å²) in [6.07, 6.45) is 3.71. The van der Waals surface area contributed by atoms with E-state index in [1.54, 1.807) is 22.2 Å². The van der Waals surface area contributed by atoms with Crippen LogP contribution in [0.1, 0.15) is 25.0 Å². The van der Waals surface area contributed by atoms with Gasteiger partial charge in [-0.05, 0) is 41.7 Å². The van der Waals surface area contributed by atoms with Gasteiger partial charge in [0.1, 0.15) is 5.82 Å². The van der Waals surface area contributed by atoms with Gasteiger partial charge in [-0.15, -0.1) is 11.3 Å². The minimum Gasteiger partial charge on any atom is -0.393 e. The average Bonchev–Trinajstić information content (AvgIpc) is 3.16. The lowest BCUT2D eigenvalue weighted by Gasteiger charge is -2.10. The Hall–Kier alpha value is -2.38. The van der Waals surface area contributed by atoms with Gasteiger partial charge in [0.05, 0.1) is 6.54 Å². The number of rotatable bonds is 6. The average molecular weight is 408 g/mol. The molecule has 2 heterocycles. The third kappa shape index (κ3) is 5.55. The molecule has 0 bridgehead atoms. The first-order valence-electron chi connectivity index (χ1n) is 8.41. The molecule has 0 saturated heterocycles. The Morgan fingerprint density at radius 2 is 2.15 bits per heavy atom. The van der Waals surface area contributed by atoms with Crippen LogP contribution < -0.4 is 10.1 Å². The monoisotopic (exact) mass is 407 g/mol. The van der Waals surface area contributed by atoms with Crippen LogP contribution >= 0.6 is 22.9 Å². The molecule has 3 rings (SSSR count). The van der Waals surface area contributed by atoms with Gasteiger partial charge in [0.2, 0.25) is 5.88 Å². The van der Waals surface area contributed by atoms with E-state index < -0.39 is 11.9 Å². The summed E-state index contributed by atoms with van der Waals surface area (Å²) in [7, 11) is 0. The Kier molecular flexibility index (Phi) is 6.13. The normalized spacial score (nSPS) is 11.0. The first-order valence-corrected chi connectivity index (χ1v) is 9.67. The molecule has 27 heavy (non-hydrogen) atoms. The van der Waals surface area contributed by atoms with Crippen molar-refractivity contribution in [3.63, 3.8) is 0 Å². The largest absolute Gasteiger partial charge is 0.420 e. The summed E-state index contributed by atoms with van der Waals surface area (Å²) in [5.74, 6) is 0.414. The molecule has 1 N–H and O–H groups in total. The standard InChI is InChI=1S/C19H19ClFN3O2S/c1-12(2)5-13-8-17(26-19(25)23-18-22-3-4-27-18)24(10-13)11-14-6-15(20)9-16(21)7-14/h3-4,6-10,12H,5,11H2,1-2H3,(H,22,23,25). The van der Waals surface area contributed by atoms with Crippen molar-refractivity contribution in [3.8, 4) is 5.88 Å². The van der Waals surface area contributed by atoms with Crippen molar-refractivity contribution >= 4 is 34.2 Å². The van der Waals surface area contributed by atoms with E-state index >= 15 is 0 Å². The van der Waals surface area contributed by atoms with Gasteiger partial charge in [-0.2, -0.15) is 0 Å². The number of amides is 1. The number of carbonyl (C=O) groups excluding carboxylic acids is 1. The molecule has 0 radical (unpaired) electrons. The zero-order valence-corrected chi connectivity index (χ0v) is 16.5. The van der Waals surface area contributed by atoms with Gasteiger partial charge >= 0.3 is 6.09 Å². The number of nitrogens with one attached hydrogen (secondary N) is 1. The van der Waals surface area contributed by atoms with E-state index in [1.807, 2.05) is 12.3 Å². The van der Waals surface area contributed by atoms with Gasteiger partial charge in [0, 0.05) is 28.9 Å². The van der Waals surface area contributed by atoms with Crippen molar-refractivity contribution < 1.29 is 13.9 Å². The summed E-state index contributed by atoms with van der Waals surface area (Å²) in [4.78, 5) is 16.2. The van der Waals surface area contributed by atoms with Crippen LogP contribution in [-0.2, 0) is 13.0 Å². The number of thiazole rings is 1. The van der Waals surface area contributed by atoms with Crippen LogP contribution in [0.25, 0.3) is 0 Å². The number of anilines is 1. The number of nitrogens with zero attached hydrogens (tertiary/aromatic N) is 2. The molecule has 0 aliphatic carbocycles. The van der Waals surface area contributed by atoms with Gasteiger partial charge < -0.3 is 9.30 Å². The van der Waals surface area contributed by atoms with Crippen molar-refractivity contribution in [3.05, 3.63) is 64.0 Å². The SMILES string of the molecule is CC(C)Cc1cc(OC(=O)Nc2nccs2)n(Cc2cc(F)cc(Cl)c2)c1. The molecule has 1 aromatic carbocycles. The van der Waals surface area contributed by atoms with Crippen LogP contribution in [0.3, 0.4) is 0 Å². The molecular weight excluding hydrogens is 389 g/mol. The van der Waals surface area contributed by atoms with Crippen LogP contribution in [-0.4, -0.2) is 15.6 Å². The van der Waals surface area contributed by atoms with Gasteiger partial charge in [-0.3, -0.25) is 5.32 Å². The molecule has 8 heteroatoms. The highest BCUT2D eigenvalue weighted by molar-refractivity contribution is 7.13. The maximum atomic E-state index is 13.6. The molecule has 2 aromatic heterocycles. The van der Waals surface area contributed by atoms with E-state index in [0.29, 0.717) is 34.1 Å². The highest BCUT2D eigenvalue weighted by Gasteiger charge is 2.14. The predicted octanol–water partition coefficient (Wildman–Crippen LogP) is 5.59. The van der Waals surface area contributed by atoms with Crippen LogP contribution in [0.2, 0.25) is 5.02 Å². The van der Waals surface area contributed by atoms with Gasteiger partial charge in [0.25, 0.3) is 0 Å². The first-order chi connectivity index (χ1) is 12.9. The summed E-state index contributed by atoms with van der Waals surface area (Å²) in [5.41, 5.74) is 1.71. The Labute approximate surface area is 165 Å². The summed E-state index contributed by atoms with van der Waals surface area (Å²) in [6, 6.07) is 6.17. The third-order valence-corrected chi connectivity index (χ3v) is 4.58. The predicted molar refractivity (Wildman–Crippen MR) is 105 cm³/mol. The smallest absolute Gasteiger partial charge is 0.393 e. The van der Waals surface area contributed by atoms with E-state index in [9.17, 15) is 9.18 Å². The fraction of sp³-hybridized carbons (Fsp3) is 0.263. The highest BCUT2D eigenvalue weighted by Crippen LogP contribution is 2.23. The number of hydrogen-bond acceptors (Lipinski definition) is 4. The van der Waals surface area contributed by atoms with E-state index in [2.05, 4.69) is 24.1 Å². The van der Waals surface area contributed by atoms with Crippen molar-refractivity contribution in [2.45, 2.75) is 26.8 Å². The quantitative estimate of drug-likeness (QED) is 0.579. The van der Waals surface area contributed by atoms with E-state index in [1.165, 1.54) is 23.5 Å². The van der Waals surface area contributed by atoms with E-state index in [0.717, 1.165) is 12.0 Å². The van der Waals surface area contributed by atoms with Crippen molar-refractivity contribution in [1.29, 1.82) is 0 Å². The fourth-order valence-corrected chi connectivity index (χ4v) is 3.49. The molecule has 5 nitrogen and oxygen atoms in total. The van der Waals surface area contributed by atoms with Gasteiger partial charge in [-0.1, -0.05) is 25.4 Å². The molecule has 142 valence electrons. The maximum absolute atomic E-state index is 13.6. The number of hydrogen-bond donors (Lipinski definition) is 1. The highest BCUT2D eigenvalue weighted by atomic mass is 35.5. The molecule has 0 aliphatic heterocycles. The van der Waals surface area contributed by atoms with E-state index in [-0.39, 0.29) is 0 Å². The lowest BCUT2D eigenvalue weighted by molar-refractivity contribution is 0.211. The second kappa shape index (κ2) is 8.54. The zero-order chi connectivity index (χ0) is 19.4. The van der Waals surface area contributed by atoms with Gasteiger partial charge in [-0.25, -0.2) is 14.2 Å². The minimum atomic E-state index is -0.627. The van der Waals surface area contributed by atoms with Crippen LogP contribution in [0, 0.1) is 11.7 Å². The molecule has 0 atom stereocenters. The zero-order valence-electron chi connectivity index (χ0n) is 14.9. The summed E-state index contributed by atoms with van der Waals surface area (Å²) in [6.45, 7) is 4.55. The lowest BCUT2D eigenvalue weighted by Crippen LogP contribution is -2.18. The molecule has 0 fully saturated rings. The first kappa shape index (κ1) is 19.4. The van der Waals surface area contributed by atoms with Crippen LogP contribution in [0.5, 0.6) is 5.88 Å². The van der Waals surface area contributed by atoms with Gasteiger partial charge in [0.15, 0.2) is 5.13 Å². The molecule has 0 saturated carbocycles. The molecule has 0 unspecified atom stereocenters. The minimum absolute atomic E-state index is 0.323. The molecule has 0 aliphatic rings. The number of benzene rings is 1. The molecule has 0 spiro atoms. The number of halogens is 2. The Morgan fingerprint density at radius 1 is 1.33 bits per heavy atom. The number of carbonyl (C=O) groups is 1. The van der Waals surface area contributed by atoms with Crippen molar-refractivity contribution in [2.75, 3.05) is 5.32 Å². The molecule has 1 amide bonds. The van der Waals surface area contributed by atoms with E-state index in [4.69, 9.17) is 16.3 Å². The number of aromatic nitrogens is 2. The second-order valence-corrected chi connectivity index (χ2v) is 7.87.